The van der Waals surface area contributed by atoms with Crippen LogP contribution in [0.1, 0.15) is 19.4 Å². The Balaban J connectivity index is 2.87. The van der Waals surface area contributed by atoms with Crippen LogP contribution < -0.4 is 4.74 Å². The molecule has 1 rings (SSSR count). The van der Waals surface area contributed by atoms with Crippen molar-refractivity contribution < 1.29 is 19.4 Å². The molecule has 0 amide bonds. The third-order valence-corrected chi connectivity index (χ3v) is 3.73. The first-order chi connectivity index (χ1) is 8.81. The number of halogens is 2. The molecule has 1 aromatic carbocycles. The van der Waals surface area contributed by atoms with Crippen LogP contribution in [-0.4, -0.2) is 24.8 Å². The molecule has 0 radical (unpaired) electrons. The summed E-state index contributed by atoms with van der Waals surface area (Å²) in [6.45, 7) is 3.64. The summed E-state index contributed by atoms with van der Waals surface area (Å²) in [6.07, 6.45) is 0. The molecule has 0 heterocycles. The van der Waals surface area contributed by atoms with E-state index in [0.29, 0.717) is 14.7 Å². The van der Waals surface area contributed by atoms with E-state index in [0.717, 1.165) is 5.56 Å². The van der Waals surface area contributed by atoms with Crippen LogP contribution >= 0.6 is 31.9 Å². The minimum Gasteiger partial charge on any atom is -0.490 e. The van der Waals surface area contributed by atoms with Gasteiger partial charge in [-0.15, -0.1) is 0 Å². The molecule has 0 aliphatic rings. The smallest absolute Gasteiger partial charge is 0.314 e. The van der Waals surface area contributed by atoms with Gasteiger partial charge in [0.1, 0.15) is 12.4 Å². The maximum Gasteiger partial charge on any atom is 0.314 e. The number of hydrogen-bond donors (Lipinski definition) is 1. The van der Waals surface area contributed by atoms with E-state index in [1.807, 2.05) is 0 Å². The summed E-state index contributed by atoms with van der Waals surface area (Å²) in [6, 6.07) is 3.54. The number of esters is 1. The summed E-state index contributed by atoms with van der Waals surface area (Å²) in [5, 5.41) is 9.10. The van der Waals surface area contributed by atoms with Gasteiger partial charge in [0.2, 0.25) is 0 Å². The molecule has 0 spiro atoms. The van der Waals surface area contributed by atoms with Crippen LogP contribution in [0.25, 0.3) is 0 Å². The fourth-order valence-corrected chi connectivity index (χ4v) is 2.94. The minimum absolute atomic E-state index is 0.0505. The van der Waals surface area contributed by atoms with Crippen molar-refractivity contribution in [3.8, 4) is 5.75 Å². The van der Waals surface area contributed by atoms with Gasteiger partial charge in [-0.25, -0.2) is 0 Å². The van der Waals surface area contributed by atoms with Gasteiger partial charge < -0.3 is 14.6 Å². The zero-order chi connectivity index (χ0) is 14.6. The van der Waals surface area contributed by atoms with Gasteiger partial charge in [0.15, 0.2) is 0 Å². The van der Waals surface area contributed by atoms with Gasteiger partial charge in [0.25, 0.3) is 0 Å². The Morgan fingerprint density at radius 1 is 1.32 bits per heavy atom. The lowest BCUT2D eigenvalue weighted by Crippen LogP contribution is -2.32. The molecule has 0 saturated heterocycles. The van der Waals surface area contributed by atoms with Gasteiger partial charge >= 0.3 is 5.97 Å². The summed E-state index contributed by atoms with van der Waals surface area (Å²) in [5.74, 6) is 0.265. The van der Waals surface area contributed by atoms with Crippen LogP contribution in [0.5, 0.6) is 5.75 Å². The largest absolute Gasteiger partial charge is 0.490 e. The number of benzene rings is 1. The number of carbonyl (C=O) groups excluding carboxylic acids is 1. The first-order valence-corrected chi connectivity index (χ1v) is 7.20. The second-order valence-electron chi connectivity index (χ2n) is 4.71. The van der Waals surface area contributed by atoms with Gasteiger partial charge in [0, 0.05) is 0 Å². The highest BCUT2D eigenvalue weighted by Crippen LogP contribution is 2.36. The molecule has 1 N–H and O–H groups in total. The molecule has 106 valence electrons. The van der Waals surface area contributed by atoms with Gasteiger partial charge in [-0.3, -0.25) is 4.79 Å². The Bertz CT molecular complexity index is 449. The Labute approximate surface area is 129 Å². The highest BCUT2D eigenvalue weighted by atomic mass is 79.9. The zero-order valence-electron chi connectivity index (χ0n) is 11.0. The van der Waals surface area contributed by atoms with Crippen molar-refractivity contribution >= 4 is 37.8 Å². The van der Waals surface area contributed by atoms with Gasteiger partial charge in [-0.2, -0.15) is 0 Å². The van der Waals surface area contributed by atoms with Crippen LogP contribution in [0.4, 0.5) is 0 Å². The van der Waals surface area contributed by atoms with Crippen molar-refractivity contribution in [3.05, 3.63) is 26.6 Å². The lowest BCUT2D eigenvalue weighted by molar-refractivity contribution is -0.152. The lowest BCUT2D eigenvalue weighted by Gasteiger charge is -2.22. The van der Waals surface area contributed by atoms with Crippen molar-refractivity contribution in [3.63, 3.8) is 0 Å². The van der Waals surface area contributed by atoms with E-state index in [2.05, 4.69) is 31.9 Å². The normalized spacial score (nSPS) is 11.3. The van der Waals surface area contributed by atoms with Crippen LogP contribution in [0.2, 0.25) is 0 Å². The van der Waals surface area contributed by atoms with Gasteiger partial charge in [0.05, 0.1) is 28.1 Å². The summed E-state index contributed by atoms with van der Waals surface area (Å²) in [5.41, 5.74) is 0.0295. The second-order valence-corrected chi connectivity index (χ2v) is 6.42. The van der Waals surface area contributed by atoms with E-state index >= 15 is 0 Å². The Morgan fingerprint density at radius 2 is 1.84 bits per heavy atom. The molecule has 0 unspecified atom stereocenters. The summed E-state index contributed by atoms with van der Waals surface area (Å²) >= 11 is 6.76. The average Bonchev–Trinajstić information content (AvgIpc) is 2.36. The molecule has 0 bridgehead atoms. The first-order valence-electron chi connectivity index (χ1n) is 5.62. The quantitative estimate of drug-likeness (QED) is 0.777. The number of carbonyl (C=O) groups is 1. The Kier molecular flexibility index (Phi) is 5.82. The number of hydrogen-bond acceptors (Lipinski definition) is 4. The van der Waals surface area contributed by atoms with E-state index in [4.69, 9.17) is 14.6 Å². The van der Waals surface area contributed by atoms with Gasteiger partial charge in [-0.1, -0.05) is 0 Å². The number of aliphatic hydroxyl groups excluding tert-OH is 1. The molecule has 0 atom stereocenters. The molecule has 0 aromatic heterocycles. The average molecular weight is 396 g/mol. The van der Waals surface area contributed by atoms with Crippen molar-refractivity contribution in [2.24, 2.45) is 5.41 Å². The van der Waals surface area contributed by atoms with Crippen LogP contribution in [-0.2, 0) is 16.1 Å². The standard InChI is InChI=1S/C13H16Br2O4/c1-13(2,12(17)18-3)7-19-11-9(14)4-8(6-16)5-10(11)15/h4-5,16H,6-7H2,1-3H3. The molecule has 4 nitrogen and oxygen atoms in total. The maximum atomic E-state index is 11.6. The Hall–Kier alpha value is -0.590. The molecule has 0 aliphatic carbocycles. The Morgan fingerprint density at radius 3 is 2.26 bits per heavy atom. The van der Waals surface area contributed by atoms with Crippen LogP contribution in [0.15, 0.2) is 21.1 Å². The van der Waals surface area contributed by atoms with E-state index in [1.165, 1.54) is 7.11 Å². The summed E-state index contributed by atoms with van der Waals surface area (Å²) in [4.78, 5) is 11.6. The number of ether oxygens (including phenoxy) is 2. The molecule has 0 saturated carbocycles. The predicted molar refractivity (Wildman–Crippen MR) is 79.1 cm³/mol. The first kappa shape index (κ1) is 16.5. The molecule has 6 heteroatoms. The van der Waals surface area contributed by atoms with Crippen molar-refractivity contribution in [1.82, 2.24) is 0 Å². The monoisotopic (exact) mass is 394 g/mol. The number of methoxy groups -OCH3 is 1. The van der Waals surface area contributed by atoms with Crippen molar-refractivity contribution in [2.75, 3.05) is 13.7 Å². The SMILES string of the molecule is COC(=O)C(C)(C)COc1c(Br)cc(CO)cc1Br. The maximum absolute atomic E-state index is 11.6. The number of rotatable bonds is 5. The van der Waals surface area contributed by atoms with Crippen molar-refractivity contribution in [2.45, 2.75) is 20.5 Å². The van der Waals surface area contributed by atoms with Crippen LogP contribution in [0, 0.1) is 5.41 Å². The highest BCUT2D eigenvalue weighted by molar-refractivity contribution is 9.11. The van der Waals surface area contributed by atoms with E-state index in [9.17, 15) is 4.79 Å². The van der Waals surface area contributed by atoms with E-state index in [-0.39, 0.29) is 19.2 Å². The molecule has 1 aromatic rings. The van der Waals surface area contributed by atoms with E-state index < -0.39 is 5.41 Å². The third kappa shape index (κ3) is 4.19. The topological polar surface area (TPSA) is 55.8 Å². The van der Waals surface area contributed by atoms with Crippen LogP contribution in [0.3, 0.4) is 0 Å². The second kappa shape index (κ2) is 6.72. The number of aliphatic hydroxyl groups is 1. The fraction of sp³-hybridized carbons (Fsp3) is 0.462. The zero-order valence-corrected chi connectivity index (χ0v) is 14.2. The molecule has 19 heavy (non-hydrogen) atoms. The van der Waals surface area contributed by atoms with E-state index in [1.54, 1.807) is 26.0 Å². The molecule has 0 fully saturated rings. The highest BCUT2D eigenvalue weighted by Gasteiger charge is 2.30. The fourth-order valence-electron chi connectivity index (χ4n) is 1.43. The predicted octanol–water partition coefficient (Wildman–Crippen LogP) is 3.28. The third-order valence-electron chi connectivity index (χ3n) is 2.56. The van der Waals surface area contributed by atoms with Gasteiger partial charge in [-0.05, 0) is 63.4 Å². The van der Waals surface area contributed by atoms with Crippen molar-refractivity contribution in [1.29, 1.82) is 0 Å². The summed E-state index contributed by atoms with van der Waals surface area (Å²) in [7, 11) is 1.35. The molecule has 0 aliphatic heterocycles. The molecular weight excluding hydrogens is 380 g/mol. The lowest BCUT2D eigenvalue weighted by atomic mass is 9.95. The minimum atomic E-state index is -0.733. The molecular formula is C13H16Br2O4. The summed E-state index contributed by atoms with van der Waals surface area (Å²) < 4.78 is 11.8.